The van der Waals surface area contributed by atoms with Crippen molar-refractivity contribution < 1.29 is 96.7 Å². The molecule has 0 unspecified atom stereocenters. The van der Waals surface area contributed by atoms with Gasteiger partial charge in [0.15, 0.2) is 5.17 Å². The molecule has 802 valence electrons. The van der Waals surface area contributed by atoms with Crippen LogP contribution in [-0.2, 0) is 59.7 Å². The second kappa shape index (κ2) is 64.2. The van der Waals surface area contributed by atoms with E-state index in [1.165, 1.54) is 38.3 Å². The number of aryl methyl sites for hydroxylation is 1. The van der Waals surface area contributed by atoms with E-state index in [1.807, 2.05) is 109 Å². The van der Waals surface area contributed by atoms with Crippen molar-refractivity contribution in [3.63, 3.8) is 0 Å². The summed E-state index contributed by atoms with van der Waals surface area (Å²) in [7, 11) is 1.00. The SMILES string of the molecule is C#CCCCN.C#CCCCN1C(=O)c2ccccc2C1=O.C#CCCCNC(=C)NC(=O)OC(C)(C)C.C#CCCCNC(=C)NC(=O)OC(C)(C)C.C=C(C)NCCCc1cc([C@@H]2CC[C@@H]3CN2C(=O)N3OCc2ccccc2)no1.CC(C)(C)OC(=O)N=C(NC(=O)OC(C)(C)C)n1cccn1.CO.O=C1N2C[C@@H](CC[C@H]2/C(Cl)=N/O)N1OCc1ccccc1.O=C1N2C[C@@H](CC[C@H]2/C=N/O)N1OCc1ccccc1. The van der Waals surface area contributed by atoms with Crippen LogP contribution >= 0.6 is 11.6 Å². The number of hydrogen-bond donors (Lipinski definition) is 10. The van der Waals surface area contributed by atoms with Crippen molar-refractivity contribution in [3.05, 3.63) is 216 Å². The summed E-state index contributed by atoms with van der Waals surface area (Å²) >= 11 is 5.87. The number of hydroxylamine groups is 6. The topological polar surface area (TPSA) is 481 Å². The number of aromatic nitrogens is 3. The number of hydrogen-bond acceptors (Lipinski definition) is 28. The standard InChI is InChI=1S/C22H28N4O3.C14H16ClN3O3.C14H22N4O4.C14H17N3O3.C13H11NO2.2C12H20N2O2.C5H9N.CH4O/c1-16(2)23-12-6-9-19-13-20(24-29-19)21-11-10-18-14-25(21)22(27)26(18)28-15-17-7-4-3-5-8-17;15-13(16-20)12-7-6-11-8-17(12)14(19)18(11)21-9-10-4-2-1-3-5-10;1-13(2,3)21-11(19)16-10(18-9-7-8-15-18)17-12(20)22-14(4,5)6;18-14-16-9-13(7-6-12(16)8-15-19)17(14)20-10-11-4-2-1-3-5-11;1-2-3-6-9-14-12(15)10-7-4-5-8-11(10)13(14)16;2*1-6-7-8-9-13-10(2)14-11(15)16-12(3,4)5;1-2-3-4-5-6;1-2/h3-5,7-8,13,18,21,23H,1,6,9-12,14-15H2,2H3;1-5,11-12,20H,6-9H2;7-9H,1-6H3,(H,16,17,19,20);1-5,8,12-13,19H,6-7,9-10H2;1,4-5,7-8H,3,6,9H2;2*1,13H,2,7-9H2,3-5H3,(H,14,15);1H,3-6H2;2H,1H3/b;16-13-;;15-8+;;;;;/t18-,21+;11-,12+;;12-,13+;;;;;/m11.0...../s1. The molecule has 6 atom stereocenters. The zero-order chi connectivity index (χ0) is 110. The summed E-state index contributed by atoms with van der Waals surface area (Å²) in [5.74, 6) is 11.2. The molecule has 0 saturated carbocycles. The molecule has 40 nitrogen and oxygen atoms in total. The average molecular weight is 2070 g/mol. The smallest absolute Gasteiger partial charge is 0.437 e. The molecule has 0 spiro atoms. The number of benzene rings is 4. The second-order valence-electron chi connectivity index (χ2n) is 38.0. The number of piperidine rings is 3. The van der Waals surface area contributed by atoms with Gasteiger partial charge in [0.05, 0.1) is 53.6 Å². The molecule has 6 bridgehead atoms. The molecule has 6 aromatic rings. The summed E-state index contributed by atoms with van der Waals surface area (Å²) in [5, 5.41) is 59.6. The lowest BCUT2D eigenvalue weighted by atomic mass is 9.98. The number of nitrogens with zero attached hydrogens (tertiary/aromatic N) is 13. The number of aliphatic hydroxyl groups excluding tert-OH is 1. The zero-order valence-corrected chi connectivity index (χ0v) is 88.1. The van der Waals surface area contributed by atoms with E-state index in [9.17, 15) is 43.2 Å². The van der Waals surface area contributed by atoms with Crippen LogP contribution in [0.1, 0.15) is 241 Å². The van der Waals surface area contributed by atoms with Crippen molar-refractivity contribution >= 4 is 83.2 Å². The van der Waals surface area contributed by atoms with Crippen molar-refractivity contribution in [3.8, 4) is 49.4 Å². The number of carbonyl (C=O) groups is 9. The lowest BCUT2D eigenvalue weighted by Gasteiger charge is -2.28. The molecule has 148 heavy (non-hydrogen) atoms. The van der Waals surface area contributed by atoms with Gasteiger partial charge in [-0.2, -0.15) is 20.3 Å². The number of urea groups is 3. The van der Waals surface area contributed by atoms with Crippen LogP contribution in [0.5, 0.6) is 0 Å². The fourth-order valence-electron chi connectivity index (χ4n) is 14.7. The van der Waals surface area contributed by atoms with Crippen LogP contribution in [0, 0.1) is 49.4 Å². The number of allylic oxidation sites excluding steroid dienone is 1. The van der Waals surface area contributed by atoms with E-state index in [1.54, 1.807) is 128 Å². The van der Waals surface area contributed by atoms with Crippen LogP contribution in [0.4, 0.5) is 33.6 Å². The molecule has 9 heterocycles. The van der Waals surface area contributed by atoms with Crippen molar-refractivity contribution in [1.82, 2.24) is 81.6 Å². The largest absolute Gasteiger partial charge is 0.444 e. The maximum atomic E-state index is 12.9. The summed E-state index contributed by atoms with van der Waals surface area (Å²) in [6.45, 7) is 40.5. The van der Waals surface area contributed by atoms with Gasteiger partial charge in [-0.05, 0) is 202 Å². The molecule has 6 saturated heterocycles. The van der Waals surface area contributed by atoms with Crippen LogP contribution in [0.3, 0.4) is 0 Å². The first-order valence-electron chi connectivity index (χ1n) is 48.7. The minimum atomic E-state index is -0.839. The first-order chi connectivity index (χ1) is 70.4. The Balaban J connectivity index is 0.000000303. The predicted molar refractivity (Wildman–Crippen MR) is 563 cm³/mol. The van der Waals surface area contributed by atoms with Gasteiger partial charge in [-0.3, -0.25) is 45.0 Å². The number of ether oxygens (including phenoxy) is 4. The van der Waals surface area contributed by atoms with E-state index < -0.39 is 46.8 Å². The highest BCUT2D eigenvalue weighted by Crippen LogP contribution is 2.39. The summed E-state index contributed by atoms with van der Waals surface area (Å²) in [5.41, 5.74) is 8.62. The number of fused-ring (bicyclic) bond motifs is 7. The molecule has 0 radical (unpaired) electrons. The zero-order valence-electron chi connectivity index (χ0n) is 87.4. The molecular formula is C107H147ClN20O20. The number of alkyl carbamates (subject to hydrolysis) is 3. The van der Waals surface area contributed by atoms with E-state index in [2.05, 4.69) is 101 Å². The third-order valence-corrected chi connectivity index (χ3v) is 21.5. The normalized spacial score (nSPS) is 17.1. The quantitative estimate of drug-likeness (QED) is 0.00274. The van der Waals surface area contributed by atoms with E-state index in [4.69, 9.17) is 96.5 Å². The highest BCUT2D eigenvalue weighted by atomic mass is 35.5. The van der Waals surface area contributed by atoms with Crippen LogP contribution in [-0.4, -0.2) is 249 Å². The molecule has 4 aromatic carbocycles. The lowest BCUT2D eigenvalue weighted by Crippen LogP contribution is -2.43. The number of aliphatic imine (C=N–C) groups is 1. The molecular weight excluding hydrogens is 1920 g/mol. The maximum absolute atomic E-state index is 12.9. The Morgan fingerprint density at radius 1 is 0.534 bits per heavy atom. The predicted octanol–water partition coefficient (Wildman–Crippen LogP) is 16.2. The Bertz CT molecular complexity index is 5380. The second-order valence-corrected chi connectivity index (χ2v) is 38.3. The monoisotopic (exact) mass is 2070 g/mol. The number of nitrogens with two attached hydrogens (primary N) is 1. The van der Waals surface area contributed by atoms with Gasteiger partial charge in [0.1, 0.15) is 65.3 Å². The molecule has 41 heteroatoms. The fourth-order valence-corrected chi connectivity index (χ4v) is 14.9. The number of amides is 12. The average Bonchev–Trinajstić information content (AvgIpc) is 1.60. The van der Waals surface area contributed by atoms with Crippen molar-refractivity contribution in [2.45, 2.75) is 271 Å². The third kappa shape index (κ3) is 45.0. The molecule has 7 aliphatic rings. The Morgan fingerprint density at radius 3 is 1.37 bits per heavy atom. The Hall–Kier alpha value is -14.9. The number of nitrogens with one attached hydrogen (secondary N) is 6. The molecule has 11 N–H and O–H groups in total. The first kappa shape index (κ1) is 124. The third-order valence-electron chi connectivity index (χ3n) is 21.2. The Labute approximate surface area is 874 Å². The van der Waals surface area contributed by atoms with E-state index in [-0.39, 0.29) is 77.3 Å². The van der Waals surface area contributed by atoms with Gasteiger partial charge in [0.25, 0.3) is 11.8 Å². The molecule has 0 aliphatic carbocycles. The Kier molecular flexibility index (Phi) is 53.6. The lowest BCUT2D eigenvalue weighted by molar-refractivity contribution is -0.140. The number of rotatable bonds is 32. The van der Waals surface area contributed by atoms with Gasteiger partial charge in [0, 0.05) is 109 Å². The molecule has 13 rings (SSSR count). The van der Waals surface area contributed by atoms with Gasteiger partial charge in [-0.25, -0.2) is 38.2 Å². The van der Waals surface area contributed by atoms with E-state index in [0.29, 0.717) is 121 Å². The van der Waals surface area contributed by atoms with Crippen LogP contribution < -0.4 is 37.6 Å². The number of oxime groups is 2. The highest BCUT2D eigenvalue weighted by molar-refractivity contribution is 6.66. The highest BCUT2D eigenvalue weighted by Gasteiger charge is 2.50. The molecule has 2 aromatic heterocycles. The number of aliphatic hydroxyl groups is 1. The van der Waals surface area contributed by atoms with Crippen molar-refractivity contribution in [2.24, 2.45) is 21.0 Å². The summed E-state index contributed by atoms with van der Waals surface area (Å²) in [6.07, 6.45) is 34.8. The maximum Gasteiger partial charge on any atom is 0.437 e. The summed E-state index contributed by atoms with van der Waals surface area (Å²) < 4.78 is 27.1. The van der Waals surface area contributed by atoms with E-state index in [0.717, 1.165) is 118 Å². The summed E-state index contributed by atoms with van der Waals surface area (Å²) in [4.78, 5) is 135. The van der Waals surface area contributed by atoms with Crippen LogP contribution in [0.25, 0.3) is 0 Å². The number of halogens is 1. The first-order valence-corrected chi connectivity index (χ1v) is 49.0. The van der Waals surface area contributed by atoms with Gasteiger partial charge < -0.3 is 75.4 Å². The minimum absolute atomic E-state index is 0.0284. The van der Waals surface area contributed by atoms with Gasteiger partial charge in [-0.15, -0.1) is 54.4 Å². The molecule has 6 fully saturated rings. The van der Waals surface area contributed by atoms with Gasteiger partial charge in [-0.1, -0.05) is 150 Å². The van der Waals surface area contributed by atoms with Gasteiger partial charge >= 0.3 is 42.5 Å². The summed E-state index contributed by atoms with van der Waals surface area (Å²) in [6, 6.07) is 39.1. The fraction of sp³-hybridized carbons (Fsp3) is 0.477. The number of imide groups is 1. The Morgan fingerprint density at radius 2 is 0.946 bits per heavy atom. The van der Waals surface area contributed by atoms with E-state index >= 15 is 0 Å². The van der Waals surface area contributed by atoms with Crippen molar-refractivity contribution in [2.75, 3.05) is 59.5 Å². The number of carbonyl (C=O) groups excluding carboxylic acids is 9. The number of terminal acetylenes is 4. The van der Waals surface area contributed by atoms with Gasteiger partial charge in [0.2, 0.25) is 5.96 Å². The molecule has 12 amide bonds. The van der Waals surface area contributed by atoms with Crippen LogP contribution in [0.2, 0.25) is 0 Å². The minimum Gasteiger partial charge on any atom is -0.444 e. The van der Waals surface area contributed by atoms with Crippen molar-refractivity contribution in [1.29, 1.82) is 0 Å². The molecule has 7 aliphatic heterocycles. The number of unbranched alkanes of at least 4 members (excludes halogenated alkanes) is 4. The van der Waals surface area contributed by atoms with Crippen LogP contribution in [0.15, 0.2) is 197 Å².